The highest BCUT2D eigenvalue weighted by Crippen LogP contribution is 2.32. The minimum Gasteiger partial charge on any atom is -0.349 e. The average Bonchev–Trinajstić information content (AvgIpc) is 3.11. The lowest BCUT2D eigenvalue weighted by Crippen LogP contribution is -2.38. The van der Waals surface area contributed by atoms with E-state index >= 15 is 0 Å². The maximum atomic E-state index is 14.3. The number of benzene rings is 2. The summed E-state index contributed by atoms with van der Waals surface area (Å²) in [6, 6.07) is 16.1. The molecule has 1 saturated carbocycles. The van der Waals surface area contributed by atoms with Crippen LogP contribution < -0.4 is 11.1 Å². The minimum absolute atomic E-state index is 0.00265. The van der Waals surface area contributed by atoms with Crippen molar-refractivity contribution in [1.82, 2.24) is 5.32 Å². The third-order valence-electron chi connectivity index (χ3n) is 5.18. The molecule has 3 atom stereocenters. The molecular formula is C21H25FN2O. The van der Waals surface area contributed by atoms with Crippen molar-refractivity contribution in [3.05, 3.63) is 71.5 Å². The first kappa shape index (κ1) is 17.6. The molecule has 2 aromatic rings. The smallest absolute Gasteiger partial charge is 0.223 e. The molecule has 0 aliphatic heterocycles. The number of halogens is 1. The number of carbonyl (C=O) groups excluding carboxylic acids is 1. The van der Waals surface area contributed by atoms with Crippen LogP contribution in [0.3, 0.4) is 0 Å². The molecule has 25 heavy (non-hydrogen) atoms. The first-order valence-corrected chi connectivity index (χ1v) is 8.98. The van der Waals surface area contributed by atoms with Gasteiger partial charge < -0.3 is 11.1 Å². The van der Waals surface area contributed by atoms with Crippen LogP contribution in [0, 0.1) is 17.7 Å². The van der Waals surface area contributed by atoms with Crippen LogP contribution in [0.2, 0.25) is 0 Å². The maximum Gasteiger partial charge on any atom is 0.223 e. The minimum atomic E-state index is -0.380. The quantitative estimate of drug-likeness (QED) is 0.844. The van der Waals surface area contributed by atoms with E-state index in [1.54, 1.807) is 18.2 Å². The summed E-state index contributed by atoms with van der Waals surface area (Å²) in [4.78, 5) is 12.8. The molecule has 0 heterocycles. The van der Waals surface area contributed by atoms with E-state index in [2.05, 4.69) is 5.32 Å². The molecule has 1 amide bonds. The second-order valence-electron chi connectivity index (χ2n) is 6.81. The lowest BCUT2D eigenvalue weighted by molar-refractivity contribution is -0.126. The van der Waals surface area contributed by atoms with Gasteiger partial charge in [0.15, 0.2) is 0 Å². The van der Waals surface area contributed by atoms with Gasteiger partial charge in [-0.1, -0.05) is 55.0 Å². The fourth-order valence-corrected chi connectivity index (χ4v) is 3.79. The van der Waals surface area contributed by atoms with Crippen molar-refractivity contribution in [2.45, 2.75) is 31.7 Å². The molecule has 0 spiro atoms. The molecule has 0 saturated heterocycles. The summed E-state index contributed by atoms with van der Waals surface area (Å²) in [6.45, 7) is 0.529. The summed E-state index contributed by atoms with van der Waals surface area (Å²) in [6.07, 6.45) is 3.46. The molecule has 1 aliphatic carbocycles. The van der Waals surface area contributed by atoms with E-state index in [0.717, 1.165) is 24.8 Å². The van der Waals surface area contributed by atoms with Crippen molar-refractivity contribution in [3.63, 3.8) is 0 Å². The molecule has 4 heteroatoms. The topological polar surface area (TPSA) is 55.1 Å². The molecule has 0 bridgehead atoms. The zero-order valence-corrected chi connectivity index (χ0v) is 14.3. The standard InChI is InChI=1S/C21H25FN2O/c22-19-12-5-4-10-18(19)20(13-15-7-2-1-3-8-15)24-21(25)17-11-6-9-16(17)14-23/h1-5,7-8,10,12,16-17,20H,6,9,11,13-14,23H2,(H,24,25)/t16-,17-,20?/m1/s1. The Morgan fingerprint density at radius 3 is 2.56 bits per heavy atom. The molecule has 1 aliphatic rings. The number of nitrogens with two attached hydrogens (primary N) is 1. The number of rotatable bonds is 6. The Labute approximate surface area is 148 Å². The van der Waals surface area contributed by atoms with Gasteiger partial charge in [-0.05, 0) is 43.4 Å². The summed E-state index contributed by atoms with van der Waals surface area (Å²) in [5.74, 6) is -0.115. The highest BCUT2D eigenvalue weighted by Gasteiger charge is 2.33. The van der Waals surface area contributed by atoms with Crippen molar-refractivity contribution in [1.29, 1.82) is 0 Å². The van der Waals surface area contributed by atoms with Gasteiger partial charge in [-0.3, -0.25) is 4.79 Å². The summed E-state index contributed by atoms with van der Waals surface area (Å²) in [5.41, 5.74) is 7.41. The predicted octanol–water partition coefficient (Wildman–Crippen LogP) is 3.60. The highest BCUT2D eigenvalue weighted by atomic mass is 19.1. The zero-order valence-electron chi connectivity index (χ0n) is 14.3. The molecule has 2 aromatic carbocycles. The number of amides is 1. The Hall–Kier alpha value is -2.20. The van der Waals surface area contributed by atoms with E-state index in [1.165, 1.54) is 6.07 Å². The fourth-order valence-electron chi connectivity index (χ4n) is 3.79. The van der Waals surface area contributed by atoms with Crippen molar-refractivity contribution >= 4 is 5.91 Å². The maximum absolute atomic E-state index is 14.3. The van der Waals surface area contributed by atoms with Gasteiger partial charge in [0.2, 0.25) is 5.91 Å². The van der Waals surface area contributed by atoms with Crippen LogP contribution in [-0.4, -0.2) is 12.5 Å². The van der Waals surface area contributed by atoms with Crippen molar-refractivity contribution in [3.8, 4) is 0 Å². The van der Waals surface area contributed by atoms with Crippen LogP contribution in [0.1, 0.15) is 36.4 Å². The van der Waals surface area contributed by atoms with Gasteiger partial charge >= 0.3 is 0 Å². The van der Waals surface area contributed by atoms with E-state index < -0.39 is 0 Å². The zero-order chi connectivity index (χ0) is 17.6. The van der Waals surface area contributed by atoms with Crippen LogP contribution >= 0.6 is 0 Å². The van der Waals surface area contributed by atoms with Crippen molar-refractivity contribution in [2.75, 3.05) is 6.54 Å². The van der Waals surface area contributed by atoms with E-state index in [-0.39, 0.29) is 29.6 Å². The molecule has 3 nitrogen and oxygen atoms in total. The molecule has 1 fully saturated rings. The third kappa shape index (κ3) is 4.26. The van der Waals surface area contributed by atoms with Crippen LogP contribution in [0.25, 0.3) is 0 Å². The van der Waals surface area contributed by atoms with Gasteiger partial charge in [-0.15, -0.1) is 0 Å². The highest BCUT2D eigenvalue weighted by molar-refractivity contribution is 5.79. The normalized spacial score (nSPS) is 21.0. The molecule has 0 radical (unpaired) electrons. The lowest BCUT2D eigenvalue weighted by atomic mass is 9.93. The van der Waals surface area contributed by atoms with Gasteiger partial charge in [0, 0.05) is 11.5 Å². The van der Waals surface area contributed by atoms with E-state index in [0.29, 0.717) is 18.5 Å². The van der Waals surface area contributed by atoms with Gasteiger partial charge in [0.25, 0.3) is 0 Å². The number of hydrogen-bond acceptors (Lipinski definition) is 2. The second kappa shape index (κ2) is 8.26. The SMILES string of the molecule is NC[C@H]1CCC[C@H]1C(=O)NC(Cc1ccccc1)c1ccccc1F. The second-order valence-corrected chi connectivity index (χ2v) is 6.81. The first-order valence-electron chi connectivity index (χ1n) is 8.98. The van der Waals surface area contributed by atoms with E-state index in [1.807, 2.05) is 30.3 Å². The fraction of sp³-hybridized carbons (Fsp3) is 0.381. The molecule has 1 unspecified atom stereocenters. The third-order valence-corrected chi connectivity index (χ3v) is 5.18. The van der Waals surface area contributed by atoms with Gasteiger partial charge in [0.1, 0.15) is 5.82 Å². The van der Waals surface area contributed by atoms with Crippen LogP contribution in [0.15, 0.2) is 54.6 Å². The van der Waals surface area contributed by atoms with E-state index in [9.17, 15) is 9.18 Å². The summed E-state index contributed by atoms with van der Waals surface area (Å²) >= 11 is 0. The number of carbonyl (C=O) groups is 1. The predicted molar refractivity (Wildman–Crippen MR) is 97.3 cm³/mol. The Balaban J connectivity index is 1.81. The summed E-state index contributed by atoms with van der Waals surface area (Å²) < 4.78 is 14.3. The van der Waals surface area contributed by atoms with Gasteiger partial charge in [-0.2, -0.15) is 0 Å². The number of hydrogen-bond donors (Lipinski definition) is 2. The lowest BCUT2D eigenvalue weighted by Gasteiger charge is -2.24. The van der Waals surface area contributed by atoms with Crippen molar-refractivity contribution in [2.24, 2.45) is 17.6 Å². The van der Waals surface area contributed by atoms with Crippen LogP contribution in [0.5, 0.6) is 0 Å². The average molecular weight is 340 g/mol. The Bertz CT molecular complexity index is 704. The van der Waals surface area contributed by atoms with Crippen LogP contribution in [-0.2, 0) is 11.2 Å². The largest absolute Gasteiger partial charge is 0.349 e. The Morgan fingerprint density at radius 1 is 1.12 bits per heavy atom. The Morgan fingerprint density at radius 2 is 1.84 bits per heavy atom. The van der Waals surface area contributed by atoms with Crippen molar-refractivity contribution < 1.29 is 9.18 Å². The Kier molecular flexibility index (Phi) is 5.82. The molecule has 132 valence electrons. The van der Waals surface area contributed by atoms with Gasteiger partial charge in [0.05, 0.1) is 6.04 Å². The molecule has 3 rings (SSSR count). The van der Waals surface area contributed by atoms with E-state index in [4.69, 9.17) is 5.73 Å². The summed E-state index contributed by atoms with van der Waals surface area (Å²) in [7, 11) is 0. The van der Waals surface area contributed by atoms with Crippen LogP contribution in [0.4, 0.5) is 4.39 Å². The molecule has 0 aromatic heterocycles. The first-order chi connectivity index (χ1) is 12.2. The monoisotopic (exact) mass is 340 g/mol. The molecular weight excluding hydrogens is 315 g/mol. The number of nitrogens with one attached hydrogen (secondary N) is 1. The molecule has 3 N–H and O–H groups in total. The summed E-state index contributed by atoms with van der Waals surface area (Å²) in [5, 5.41) is 3.09. The van der Waals surface area contributed by atoms with Gasteiger partial charge in [-0.25, -0.2) is 4.39 Å².